The van der Waals surface area contributed by atoms with E-state index in [0.29, 0.717) is 18.5 Å². The molecule has 0 unspecified atom stereocenters. The zero-order valence-corrected chi connectivity index (χ0v) is 13.1. The van der Waals surface area contributed by atoms with Crippen LogP contribution in [0.3, 0.4) is 0 Å². The minimum absolute atomic E-state index is 0.0716. The van der Waals surface area contributed by atoms with E-state index in [0.717, 1.165) is 25.0 Å². The number of carbonyl (C=O) groups excluding carboxylic acids is 2. The van der Waals surface area contributed by atoms with Gasteiger partial charge in [0.25, 0.3) is 5.91 Å². The second kappa shape index (κ2) is 9.16. The van der Waals surface area contributed by atoms with Gasteiger partial charge in [-0.3, -0.25) is 4.79 Å². The molecule has 0 aromatic heterocycles. The van der Waals surface area contributed by atoms with Crippen molar-refractivity contribution in [1.82, 2.24) is 5.32 Å². The summed E-state index contributed by atoms with van der Waals surface area (Å²) in [6.45, 7) is 6.18. The second-order valence-corrected chi connectivity index (χ2v) is 5.46. The fourth-order valence-electron chi connectivity index (χ4n) is 1.94. The number of amides is 1. The van der Waals surface area contributed by atoms with Gasteiger partial charge in [0.1, 0.15) is 11.5 Å². The van der Waals surface area contributed by atoms with Crippen LogP contribution in [0.4, 0.5) is 0 Å². The molecule has 0 heterocycles. The third-order valence-electron chi connectivity index (χ3n) is 2.98. The summed E-state index contributed by atoms with van der Waals surface area (Å²) in [6, 6.07) is 7.15. The van der Waals surface area contributed by atoms with Gasteiger partial charge in [0.05, 0.1) is 6.10 Å². The number of nitrogens with one attached hydrogen (secondary N) is 1. The molecule has 0 aliphatic heterocycles. The Balaban J connectivity index is 2.27. The van der Waals surface area contributed by atoms with Crippen LogP contribution in [-0.2, 0) is 4.79 Å². The molecule has 0 aliphatic rings. The van der Waals surface area contributed by atoms with E-state index in [2.05, 4.69) is 5.32 Å². The average molecular weight is 291 g/mol. The summed E-state index contributed by atoms with van der Waals surface area (Å²) in [5.74, 6) is 0.922. The Morgan fingerprint density at radius 1 is 1.10 bits per heavy atom. The Kier molecular flexibility index (Phi) is 7.51. The van der Waals surface area contributed by atoms with Crippen molar-refractivity contribution in [1.29, 1.82) is 0 Å². The number of ether oxygens (including phenoxy) is 1. The number of rotatable bonds is 9. The summed E-state index contributed by atoms with van der Waals surface area (Å²) in [5, 5.41) is 2.88. The molecule has 0 bridgehead atoms. The van der Waals surface area contributed by atoms with Crippen molar-refractivity contribution >= 4 is 11.7 Å². The van der Waals surface area contributed by atoms with E-state index in [4.69, 9.17) is 4.74 Å². The molecular weight excluding hydrogens is 266 g/mol. The molecule has 4 heteroatoms. The first-order chi connectivity index (χ1) is 9.99. The summed E-state index contributed by atoms with van der Waals surface area (Å²) < 4.78 is 5.53. The maximum atomic E-state index is 11.9. The number of unbranched alkanes of at least 4 members (excludes halogenated alkanes) is 2. The predicted molar refractivity (Wildman–Crippen MR) is 83.7 cm³/mol. The molecule has 0 spiro atoms. The highest BCUT2D eigenvalue weighted by molar-refractivity contribution is 5.94. The first-order valence-electron chi connectivity index (χ1n) is 7.53. The molecule has 0 saturated heterocycles. The molecule has 0 fully saturated rings. The van der Waals surface area contributed by atoms with Crippen LogP contribution in [0.2, 0.25) is 0 Å². The molecular formula is C17H25NO3. The molecule has 21 heavy (non-hydrogen) atoms. The lowest BCUT2D eigenvalue weighted by Gasteiger charge is -2.10. The maximum absolute atomic E-state index is 11.9. The Labute approximate surface area is 126 Å². The van der Waals surface area contributed by atoms with E-state index in [9.17, 15) is 9.59 Å². The first-order valence-corrected chi connectivity index (χ1v) is 7.53. The summed E-state index contributed by atoms with van der Waals surface area (Å²) in [4.78, 5) is 22.7. The Bertz CT molecular complexity index is 452. The van der Waals surface area contributed by atoms with Gasteiger partial charge in [-0.25, -0.2) is 0 Å². The SMILES string of the molecule is CC(=O)CCCCCNC(=O)c1ccc(OC(C)C)cc1. The molecule has 0 saturated carbocycles. The number of hydrogen-bond donors (Lipinski definition) is 1. The van der Waals surface area contributed by atoms with E-state index in [-0.39, 0.29) is 17.8 Å². The van der Waals surface area contributed by atoms with Crippen molar-refractivity contribution in [2.45, 2.75) is 52.6 Å². The zero-order chi connectivity index (χ0) is 15.7. The van der Waals surface area contributed by atoms with Crippen LogP contribution >= 0.6 is 0 Å². The van der Waals surface area contributed by atoms with Crippen LogP contribution in [0, 0.1) is 0 Å². The third kappa shape index (κ3) is 7.49. The molecule has 116 valence electrons. The number of ketones is 1. The third-order valence-corrected chi connectivity index (χ3v) is 2.98. The van der Waals surface area contributed by atoms with Crippen LogP contribution in [0.1, 0.15) is 56.8 Å². The number of carbonyl (C=O) groups is 2. The fourth-order valence-corrected chi connectivity index (χ4v) is 1.94. The Morgan fingerprint density at radius 2 is 1.76 bits per heavy atom. The van der Waals surface area contributed by atoms with Crippen molar-refractivity contribution < 1.29 is 14.3 Å². The van der Waals surface area contributed by atoms with Crippen LogP contribution in [-0.4, -0.2) is 24.3 Å². The van der Waals surface area contributed by atoms with Crippen LogP contribution in [0.15, 0.2) is 24.3 Å². The van der Waals surface area contributed by atoms with Gasteiger partial charge >= 0.3 is 0 Å². The predicted octanol–water partition coefficient (Wildman–Crippen LogP) is 3.35. The van der Waals surface area contributed by atoms with E-state index < -0.39 is 0 Å². The first kappa shape index (κ1) is 17.2. The molecule has 1 aromatic carbocycles. The standard InChI is InChI=1S/C17H25NO3/c1-13(2)21-16-10-8-15(9-11-16)17(20)18-12-6-4-5-7-14(3)19/h8-11,13H,4-7,12H2,1-3H3,(H,18,20). The van der Waals surface area contributed by atoms with Gasteiger partial charge in [-0.05, 0) is 57.9 Å². The molecule has 1 amide bonds. The normalized spacial score (nSPS) is 10.5. The highest BCUT2D eigenvalue weighted by atomic mass is 16.5. The van der Waals surface area contributed by atoms with Crippen LogP contribution in [0.5, 0.6) is 5.75 Å². The van der Waals surface area contributed by atoms with Crippen molar-refractivity contribution in [3.05, 3.63) is 29.8 Å². The van der Waals surface area contributed by atoms with Gasteiger partial charge in [0.15, 0.2) is 0 Å². The van der Waals surface area contributed by atoms with Gasteiger partial charge in [0, 0.05) is 18.5 Å². The molecule has 4 nitrogen and oxygen atoms in total. The molecule has 1 aromatic rings. The second-order valence-electron chi connectivity index (χ2n) is 5.46. The lowest BCUT2D eigenvalue weighted by molar-refractivity contribution is -0.117. The van der Waals surface area contributed by atoms with Crippen molar-refractivity contribution in [3.8, 4) is 5.75 Å². The zero-order valence-electron chi connectivity index (χ0n) is 13.1. The lowest BCUT2D eigenvalue weighted by Crippen LogP contribution is -2.24. The summed E-state index contributed by atoms with van der Waals surface area (Å²) in [5.41, 5.74) is 0.634. The van der Waals surface area contributed by atoms with Crippen LogP contribution < -0.4 is 10.1 Å². The van der Waals surface area contributed by atoms with Crippen LogP contribution in [0.25, 0.3) is 0 Å². The minimum atomic E-state index is -0.0716. The molecule has 0 radical (unpaired) electrons. The van der Waals surface area contributed by atoms with E-state index >= 15 is 0 Å². The molecule has 1 N–H and O–H groups in total. The van der Waals surface area contributed by atoms with E-state index in [1.807, 2.05) is 26.0 Å². The topological polar surface area (TPSA) is 55.4 Å². The summed E-state index contributed by atoms with van der Waals surface area (Å²) in [7, 11) is 0. The maximum Gasteiger partial charge on any atom is 0.251 e. The van der Waals surface area contributed by atoms with Crippen molar-refractivity contribution in [2.75, 3.05) is 6.54 Å². The Hall–Kier alpha value is -1.84. The highest BCUT2D eigenvalue weighted by Gasteiger charge is 2.05. The van der Waals surface area contributed by atoms with Crippen molar-refractivity contribution in [3.63, 3.8) is 0 Å². The average Bonchev–Trinajstić information content (AvgIpc) is 2.42. The smallest absolute Gasteiger partial charge is 0.251 e. The molecule has 0 atom stereocenters. The van der Waals surface area contributed by atoms with E-state index in [1.165, 1.54) is 0 Å². The highest BCUT2D eigenvalue weighted by Crippen LogP contribution is 2.13. The Morgan fingerprint density at radius 3 is 2.33 bits per heavy atom. The number of benzene rings is 1. The number of hydrogen-bond acceptors (Lipinski definition) is 3. The van der Waals surface area contributed by atoms with Gasteiger partial charge < -0.3 is 14.8 Å². The summed E-state index contributed by atoms with van der Waals surface area (Å²) in [6.07, 6.45) is 3.51. The van der Waals surface area contributed by atoms with E-state index in [1.54, 1.807) is 19.1 Å². The fraction of sp³-hybridized carbons (Fsp3) is 0.529. The lowest BCUT2D eigenvalue weighted by atomic mass is 10.1. The largest absolute Gasteiger partial charge is 0.491 e. The monoisotopic (exact) mass is 291 g/mol. The van der Waals surface area contributed by atoms with Gasteiger partial charge in [-0.15, -0.1) is 0 Å². The minimum Gasteiger partial charge on any atom is -0.491 e. The van der Waals surface area contributed by atoms with Crippen molar-refractivity contribution in [2.24, 2.45) is 0 Å². The van der Waals surface area contributed by atoms with Gasteiger partial charge in [0.2, 0.25) is 0 Å². The van der Waals surface area contributed by atoms with Gasteiger partial charge in [-0.1, -0.05) is 6.42 Å². The molecule has 1 rings (SSSR count). The quantitative estimate of drug-likeness (QED) is 0.710. The molecule has 0 aliphatic carbocycles. The van der Waals surface area contributed by atoms with Gasteiger partial charge in [-0.2, -0.15) is 0 Å². The number of Topliss-reactive ketones (excluding diaryl/α,β-unsaturated/α-hetero) is 1. The summed E-state index contributed by atoms with van der Waals surface area (Å²) >= 11 is 0.